The zero-order chi connectivity index (χ0) is 59.2. The van der Waals surface area contributed by atoms with Crippen molar-refractivity contribution in [2.75, 3.05) is 13.2 Å². The third-order valence-corrected chi connectivity index (χ3v) is 14.1. The van der Waals surface area contributed by atoms with E-state index in [-0.39, 0.29) is 37.5 Å². The summed E-state index contributed by atoms with van der Waals surface area (Å²) >= 11 is 0. The molecule has 0 radical (unpaired) electrons. The Morgan fingerprint density at radius 2 is 0.476 bits per heavy atom. The average molecular weight is 1130 g/mol. The summed E-state index contributed by atoms with van der Waals surface area (Å²) in [5, 5.41) is 0. The van der Waals surface area contributed by atoms with Gasteiger partial charge < -0.3 is 14.2 Å². The van der Waals surface area contributed by atoms with Crippen LogP contribution in [0.2, 0.25) is 0 Å². The number of hydrogen-bond donors (Lipinski definition) is 0. The van der Waals surface area contributed by atoms with Crippen molar-refractivity contribution in [2.45, 2.75) is 303 Å². The highest BCUT2D eigenvalue weighted by molar-refractivity contribution is 5.71. The lowest BCUT2D eigenvalue weighted by Gasteiger charge is -2.18. The third kappa shape index (κ3) is 66.1. The van der Waals surface area contributed by atoms with Gasteiger partial charge in [0.1, 0.15) is 13.2 Å². The van der Waals surface area contributed by atoms with Crippen molar-refractivity contribution < 1.29 is 28.6 Å². The number of carbonyl (C=O) groups is 3. The second kappa shape index (κ2) is 68.8. The maximum Gasteiger partial charge on any atom is 0.306 e. The zero-order valence-corrected chi connectivity index (χ0v) is 53.2. The number of unbranched alkanes of at least 4 members (excludes halogenated alkanes) is 25. The number of allylic oxidation sites excluding steroid dienone is 24. The maximum atomic E-state index is 12.9. The Morgan fingerprint density at radius 1 is 0.256 bits per heavy atom. The van der Waals surface area contributed by atoms with E-state index >= 15 is 0 Å². The van der Waals surface area contributed by atoms with Gasteiger partial charge in [0.2, 0.25) is 0 Å². The first-order valence-corrected chi connectivity index (χ1v) is 33.8. The summed E-state index contributed by atoms with van der Waals surface area (Å²) in [6, 6.07) is 0. The topological polar surface area (TPSA) is 78.9 Å². The van der Waals surface area contributed by atoms with E-state index in [1.807, 2.05) is 0 Å². The Kier molecular flexibility index (Phi) is 64.8. The van der Waals surface area contributed by atoms with E-state index < -0.39 is 6.10 Å². The van der Waals surface area contributed by atoms with Crippen LogP contribution >= 0.6 is 0 Å². The van der Waals surface area contributed by atoms with Crippen LogP contribution in [0, 0.1) is 0 Å². The van der Waals surface area contributed by atoms with E-state index in [1.165, 1.54) is 109 Å². The molecule has 0 saturated carbocycles. The van der Waals surface area contributed by atoms with Crippen LogP contribution in [0.3, 0.4) is 0 Å². The molecule has 0 aromatic carbocycles. The van der Waals surface area contributed by atoms with Crippen LogP contribution < -0.4 is 0 Å². The fourth-order valence-electron chi connectivity index (χ4n) is 9.10. The Labute approximate surface area is 506 Å². The van der Waals surface area contributed by atoms with Gasteiger partial charge in [0.25, 0.3) is 0 Å². The molecule has 82 heavy (non-hydrogen) atoms. The number of esters is 3. The molecule has 0 aliphatic heterocycles. The minimum absolute atomic E-state index is 0.103. The molecule has 0 aliphatic rings. The highest BCUT2D eigenvalue weighted by atomic mass is 16.6. The van der Waals surface area contributed by atoms with Crippen LogP contribution in [0.4, 0.5) is 0 Å². The largest absolute Gasteiger partial charge is 0.462 e. The summed E-state index contributed by atoms with van der Waals surface area (Å²) in [7, 11) is 0. The van der Waals surface area contributed by atoms with Gasteiger partial charge in [-0.05, 0) is 122 Å². The molecule has 0 bridgehead atoms. The second-order valence-electron chi connectivity index (χ2n) is 22.0. The maximum absolute atomic E-state index is 12.9. The van der Waals surface area contributed by atoms with Gasteiger partial charge in [0.15, 0.2) is 6.10 Å². The number of ether oxygens (including phenoxy) is 3. The van der Waals surface area contributed by atoms with Crippen LogP contribution in [0.15, 0.2) is 146 Å². The summed E-state index contributed by atoms with van der Waals surface area (Å²) in [6.45, 7) is 6.39. The quantitative estimate of drug-likeness (QED) is 0.0261. The highest BCUT2D eigenvalue weighted by Gasteiger charge is 2.19. The standard InChI is InChI=1S/C76H124O6/c1-4-7-10-13-16-19-22-25-28-31-34-36-37-38-39-41-42-45-48-51-54-57-60-63-66-69-75(78)81-72-73(71-80-74(77)68-65-62-59-56-53-50-47-44-33-30-27-24-21-18-15-12-9-6-3)82-76(79)70-67-64-61-58-55-52-49-46-43-40-35-32-29-26-23-20-17-14-11-8-5-2/h7-8,10-11,16-17,19-20,25-26,28-29,34-36,38-40,42,45-46,49,55,58,73H,4-6,9,12-15,18,21-24,27,30-33,37,41,43-44,47-48,50-54,56-57,59-72H2,1-3H3/b10-7-,11-8-,19-16-,20-17-,28-25-,29-26-,36-34-,39-38-,40-35-,45-42-,49-46-,58-55-. The molecular formula is C76H124O6. The molecule has 0 spiro atoms. The van der Waals surface area contributed by atoms with Gasteiger partial charge in [0, 0.05) is 19.3 Å². The van der Waals surface area contributed by atoms with Gasteiger partial charge in [-0.15, -0.1) is 0 Å². The molecule has 0 fully saturated rings. The minimum Gasteiger partial charge on any atom is -0.462 e. The number of hydrogen-bond acceptors (Lipinski definition) is 6. The lowest BCUT2D eigenvalue weighted by atomic mass is 10.0. The minimum atomic E-state index is -0.815. The average Bonchev–Trinajstić information content (AvgIpc) is 3.47. The first-order valence-electron chi connectivity index (χ1n) is 33.8. The second-order valence-corrected chi connectivity index (χ2v) is 22.0. The van der Waals surface area contributed by atoms with Gasteiger partial charge in [-0.25, -0.2) is 0 Å². The molecule has 1 atom stereocenters. The van der Waals surface area contributed by atoms with Crippen LogP contribution in [-0.4, -0.2) is 37.2 Å². The molecule has 0 aromatic heterocycles. The summed E-state index contributed by atoms with van der Waals surface area (Å²) in [5.74, 6) is -0.957. The molecular weight excluding hydrogens is 1010 g/mol. The van der Waals surface area contributed by atoms with Gasteiger partial charge >= 0.3 is 17.9 Å². The number of rotatable bonds is 60. The predicted octanol–water partition coefficient (Wildman–Crippen LogP) is 23.5. The van der Waals surface area contributed by atoms with Crippen LogP contribution in [0.1, 0.15) is 297 Å². The summed E-state index contributed by atoms with van der Waals surface area (Å²) in [5.41, 5.74) is 0. The molecule has 6 nitrogen and oxygen atoms in total. The zero-order valence-electron chi connectivity index (χ0n) is 53.2. The number of carbonyl (C=O) groups excluding carboxylic acids is 3. The fourth-order valence-corrected chi connectivity index (χ4v) is 9.10. The summed E-state index contributed by atoms with van der Waals surface area (Å²) < 4.78 is 16.9. The van der Waals surface area contributed by atoms with Crippen LogP contribution in [-0.2, 0) is 28.6 Å². The van der Waals surface area contributed by atoms with E-state index in [0.717, 1.165) is 141 Å². The fraction of sp³-hybridized carbons (Fsp3) is 0.645. The van der Waals surface area contributed by atoms with E-state index in [1.54, 1.807) is 0 Å². The van der Waals surface area contributed by atoms with Crippen molar-refractivity contribution in [3.63, 3.8) is 0 Å². The van der Waals surface area contributed by atoms with E-state index in [0.29, 0.717) is 19.3 Å². The Balaban J connectivity index is 4.50. The summed E-state index contributed by atoms with van der Waals surface area (Å²) in [6.07, 6.45) is 98.5. The van der Waals surface area contributed by atoms with Crippen molar-refractivity contribution in [3.8, 4) is 0 Å². The van der Waals surface area contributed by atoms with Crippen molar-refractivity contribution in [2.24, 2.45) is 0 Å². The van der Waals surface area contributed by atoms with Crippen molar-refractivity contribution in [3.05, 3.63) is 146 Å². The van der Waals surface area contributed by atoms with E-state index in [2.05, 4.69) is 167 Å². The lowest BCUT2D eigenvalue weighted by molar-refractivity contribution is -0.167. The molecule has 0 aromatic rings. The molecule has 0 aliphatic carbocycles. The molecule has 0 N–H and O–H groups in total. The SMILES string of the molecule is CC/C=C\C/C=C\C/C=C\C/C=C\C/C=C\C/C=C\CCCCCCCCC(=O)OCC(COC(=O)CCCCCCCCCCCCCCCCCCCC)OC(=O)CCCC/C=C\C/C=C\C/C=C\C/C=C\C/C=C\C/C=C\CC. The third-order valence-electron chi connectivity index (χ3n) is 14.1. The van der Waals surface area contributed by atoms with Crippen molar-refractivity contribution in [1.29, 1.82) is 0 Å². The first kappa shape index (κ1) is 77.3. The lowest BCUT2D eigenvalue weighted by Crippen LogP contribution is -2.30. The molecule has 0 heterocycles. The molecule has 0 amide bonds. The molecule has 6 heteroatoms. The van der Waals surface area contributed by atoms with Gasteiger partial charge in [-0.2, -0.15) is 0 Å². The van der Waals surface area contributed by atoms with Crippen molar-refractivity contribution >= 4 is 17.9 Å². The van der Waals surface area contributed by atoms with Gasteiger partial charge in [-0.1, -0.05) is 301 Å². The highest BCUT2D eigenvalue weighted by Crippen LogP contribution is 2.16. The molecule has 1 unspecified atom stereocenters. The van der Waals surface area contributed by atoms with Gasteiger partial charge in [-0.3, -0.25) is 14.4 Å². The van der Waals surface area contributed by atoms with E-state index in [4.69, 9.17) is 14.2 Å². The first-order chi connectivity index (χ1) is 40.5. The predicted molar refractivity (Wildman–Crippen MR) is 357 cm³/mol. The van der Waals surface area contributed by atoms with Crippen LogP contribution in [0.25, 0.3) is 0 Å². The smallest absolute Gasteiger partial charge is 0.306 e. The molecule has 0 saturated heterocycles. The molecule has 464 valence electrons. The monoisotopic (exact) mass is 1130 g/mol. The van der Waals surface area contributed by atoms with Crippen LogP contribution in [0.5, 0.6) is 0 Å². The Hall–Kier alpha value is -4.71. The van der Waals surface area contributed by atoms with Gasteiger partial charge in [0.05, 0.1) is 0 Å². The van der Waals surface area contributed by atoms with E-state index in [9.17, 15) is 14.4 Å². The molecule has 0 rings (SSSR count). The summed E-state index contributed by atoms with van der Waals surface area (Å²) in [4.78, 5) is 38.4. The Bertz CT molecular complexity index is 1780. The normalized spacial score (nSPS) is 13.1. The van der Waals surface area contributed by atoms with Crippen molar-refractivity contribution in [1.82, 2.24) is 0 Å². The Morgan fingerprint density at radius 3 is 0.768 bits per heavy atom.